The molecule has 2 aliphatic heterocycles. The van der Waals surface area contributed by atoms with E-state index in [2.05, 4.69) is 0 Å². The molecule has 0 atom stereocenters. The molecule has 0 bridgehead atoms. The van der Waals surface area contributed by atoms with E-state index < -0.39 is 5.41 Å². The first-order chi connectivity index (χ1) is 8.67. The molecule has 2 heterocycles. The highest BCUT2D eigenvalue weighted by Gasteiger charge is 2.45. The average Bonchev–Trinajstić information content (AvgIpc) is 2.67. The molecule has 0 spiro atoms. The molecule has 5 heteroatoms. The lowest BCUT2D eigenvalue weighted by Crippen LogP contribution is -2.53. The molecule has 0 saturated carbocycles. The summed E-state index contributed by atoms with van der Waals surface area (Å²) >= 11 is 5.18. The predicted molar refractivity (Wildman–Crippen MR) is 74.3 cm³/mol. The lowest BCUT2D eigenvalue weighted by molar-refractivity contribution is -0.142. The molecular weight excluding hydrogens is 248 g/mol. The van der Waals surface area contributed by atoms with Crippen molar-refractivity contribution >= 4 is 23.1 Å². The predicted octanol–water partition coefficient (Wildman–Crippen LogP) is 1.47. The fourth-order valence-electron chi connectivity index (χ4n) is 2.86. The Morgan fingerprint density at radius 1 is 1.11 bits per heavy atom. The van der Waals surface area contributed by atoms with Crippen molar-refractivity contribution in [2.75, 3.05) is 26.3 Å². The van der Waals surface area contributed by atoms with Crippen LogP contribution in [0.25, 0.3) is 0 Å². The molecular formula is C13H22N2O2S. The lowest BCUT2D eigenvalue weighted by Gasteiger charge is -2.38. The van der Waals surface area contributed by atoms with Crippen molar-refractivity contribution in [3.05, 3.63) is 0 Å². The van der Waals surface area contributed by atoms with E-state index in [1.165, 1.54) is 12.8 Å². The first-order valence-corrected chi connectivity index (χ1v) is 7.25. The maximum atomic E-state index is 12.8. The molecule has 1 amide bonds. The highest BCUT2D eigenvalue weighted by Crippen LogP contribution is 2.34. The topological polar surface area (TPSA) is 55.6 Å². The summed E-state index contributed by atoms with van der Waals surface area (Å²) in [7, 11) is 0. The van der Waals surface area contributed by atoms with Crippen LogP contribution in [0.15, 0.2) is 0 Å². The van der Waals surface area contributed by atoms with Gasteiger partial charge < -0.3 is 15.4 Å². The molecule has 0 radical (unpaired) electrons. The monoisotopic (exact) mass is 270 g/mol. The number of amides is 1. The van der Waals surface area contributed by atoms with E-state index in [9.17, 15) is 4.79 Å². The summed E-state index contributed by atoms with van der Waals surface area (Å²) in [6, 6.07) is 0. The summed E-state index contributed by atoms with van der Waals surface area (Å²) in [4.78, 5) is 15.1. The van der Waals surface area contributed by atoms with Crippen molar-refractivity contribution in [1.82, 2.24) is 4.90 Å². The molecule has 2 rings (SSSR count). The van der Waals surface area contributed by atoms with Crippen molar-refractivity contribution in [2.45, 2.75) is 38.5 Å². The van der Waals surface area contributed by atoms with Gasteiger partial charge in [0.25, 0.3) is 0 Å². The van der Waals surface area contributed by atoms with Crippen molar-refractivity contribution < 1.29 is 9.53 Å². The minimum atomic E-state index is -0.641. The molecule has 0 aliphatic carbocycles. The van der Waals surface area contributed by atoms with Gasteiger partial charge >= 0.3 is 0 Å². The van der Waals surface area contributed by atoms with E-state index in [0.717, 1.165) is 25.9 Å². The molecule has 2 saturated heterocycles. The molecule has 0 aromatic heterocycles. The zero-order valence-corrected chi connectivity index (χ0v) is 11.6. The van der Waals surface area contributed by atoms with Gasteiger partial charge in [0.1, 0.15) is 5.41 Å². The molecule has 102 valence electrons. The van der Waals surface area contributed by atoms with Crippen molar-refractivity contribution in [3.8, 4) is 0 Å². The largest absolute Gasteiger partial charge is 0.392 e. The molecule has 0 unspecified atom stereocenters. The van der Waals surface area contributed by atoms with Crippen LogP contribution in [0.2, 0.25) is 0 Å². The van der Waals surface area contributed by atoms with Gasteiger partial charge in [0.2, 0.25) is 5.91 Å². The van der Waals surface area contributed by atoms with E-state index in [-0.39, 0.29) is 5.91 Å². The normalized spacial score (nSPS) is 24.3. The molecule has 18 heavy (non-hydrogen) atoms. The first kappa shape index (κ1) is 13.7. The van der Waals surface area contributed by atoms with Gasteiger partial charge in [0.05, 0.1) is 4.99 Å². The van der Waals surface area contributed by atoms with Gasteiger partial charge in [-0.15, -0.1) is 0 Å². The Hall–Kier alpha value is -0.680. The van der Waals surface area contributed by atoms with Crippen LogP contribution in [-0.2, 0) is 9.53 Å². The fourth-order valence-corrected chi connectivity index (χ4v) is 3.15. The minimum absolute atomic E-state index is 0.139. The minimum Gasteiger partial charge on any atom is -0.392 e. The van der Waals surface area contributed by atoms with Gasteiger partial charge in [0, 0.05) is 26.3 Å². The van der Waals surface area contributed by atoms with Gasteiger partial charge in [-0.25, -0.2) is 0 Å². The smallest absolute Gasteiger partial charge is 0.235 e. The van der Waals surface area contributed by atoms with Gasteiger partial charge in [-0.1, -0.05) is 25.1 Å². The van der Waals surface area contributed by atoms with Crippen LogP contribution in [0, 0.1) is 5.41 Å². The number of carbonyl (C=O) groups is 1. The zero-order chi connectivity index (χ0) is 13.0. The summed E-state index contributed by atoms with van der Waals surface area (Å²) in [6.45, 7) is 2.86. The number of nitrogens with zero attached hydrogens (tertiary/aromatic N) is 1. The molecule has 0 aromatic rings. The summed E-state index contributed by atoms with van der Waals surface area (Å²) in [6.07, 6.45) is 5.89. The second-order valence-electron chi connectivity index (χ2n) is 5.27. The number of likely N-dealkylation sites (tertiary alicyclic amines) is 1. The molecule has 0 aromatic carbocycles. The summed E-state index contributed by atoms with van der Waals surface area (Å²) < 4.78 is 5.35. The second kappa shape index (κ2) is 5.97. The zero-order valence-electron chi connectivity index (χ0n) is 10.8. The number of ether oxygens (including phenoxy) is 1. The van der Waals surface area contributed by atoms with Crippen LogP contribution in [0.3, 0.4) is 0 Å². The maximum Gasteiger partial charge on any atom is 0.235 e. The molecule has 2 aliphatic rings. The Bertz CT molecular complexity index is 319. The van der Waals surface area contributed by atoms with Gasteiger partial charge in [-0.3, -0.25) is 4.79 Å². The van der Waals surface area contributed by atoms with Gasteiger partial charge in [0.15, 0.2) is 0 Å². The molecule has 2 N–H and O–H groups in total. The first-order valence-electron chi connectivity index (χ1n) is 6.84. The van der Waals surface area contributed by atoms with E-state index in [4.69, 9.17) is 22.7 Å². The highest BCUT2D eigenvalue weighted by molar-refractivity contribution is 7.80. The van der Waals surface area contributed by atoms with E-state index in [1.54, 1.807) is 0 Å². The number of nitrogens with two attached hydrogens (primary N) is 1. The summed E-state index contributed by atoms with van der Waals surface area (Å²) in [5, 5.41) is 0. The van der Waals surface area contributed by atoms with Gasteiger partial charge in [-0.05, 0) is 25.7 Å². The van der Waals surface area contributed by atoms with Crippen LogP contribution >= 0.6 is 12.2 Å². The molecule has 4 nitrogen and oxygen atoms in total. The number of carbonyl (C=O) groups excluding carboxylic acids is 1. The Balaban J connectivity index is 2.14. The third-order valence-corrected chi connectivity index (χ3v) is 4.51. The highest BCUT2D eigenvalue weighted by atomic mass is 32.1. The SMILES string of the molecule is NC(=S)C1(C(=O)N2CCCCCC2)CCOCC1. The van der Waals surface area contributed by atoms with Crippen LogP contribution < -0.4 is 5.73 Å². The van der Waals surface area contributed by atoms with Crippen molar-refractivity contribution in [2.24, 2.45) is 11.1 Å². The van der Waals surface area contributed by atoms with Crippen LogP contribution in [0.4, 0.5) is 0 Å². The maximum absolute atomic E-state index is 12.8. The average molecular weight is 270 g/mol. The Labute approximate surface area is 114 Å². The van der Waals surface area contributed by atoms with E-state index in [1.807, 2.05) is 4.90 Å². The van der Waals surface area contributed by atoms with E-state index in [0.29, 0.717) is 31.0 Å². The summed E-state index contributed by atoms with van der Waals surface area (Å²) in [5.74, 6) is 0.139. The van der Waals surface area contributed by atoms with Crippen LogP contribution in [0.5, 0.6) is 0 Å². The lowest BCUT2D eigenvalue weighted by atomic mass is 9.78. The third-order valence-electron chi connectivity index (χ3n) is 4.12. The van der Waals surface area contributed by atoms with Crippen molar-refractivity contribution in [3.63, 3.8) is 0 Å². The van der Waals surface area contributed by atoms with Crippen molar-refractivity contribution in [1.29, 1.82) is 0 Å². The fraction of sp³-hybridized carbons (Fsp3) is 0.846. The van der Waals surface area contributed by atoms with Crippen LogP contribution in [0.1, 0.15) is 38.5 Å². The quantitative estimate of drug-likeness (QED) is 0.772. The van der Waals surface area contributed by atoms with Gasteiger partial charge in [-0.2, -0.15) is 0 Å². The molecule has 2 fully saturated rings. The summed E-state index contributed by atoms with van der Waals surface area (Å²) in [5.41, 5.74) is 5.24. The number of hydrogen-bond donors (Lipinski definition) is 1. The Morgan fingerprint density at radius 3 is 2.17 bits per heavy atom. The number of rotatable bonds is 2. The van der Waals surface area contributed by atoms with Crippen LogP contribution in [-0.4, -0.2) is 42.1 Å². The Kier molecular flexibility index (Phi) is 4.56. The third kappa shape index (κ3) is 2.67. The van der Waals surface area contributed by atoms with E-state index >= 15 is 0 Å². The number of hydrogen-bond acceptors (Lipinski definition) is 3. The second-order valence-corrected chi connectivity index (χ2v) is 5.70. The number of thiocarbonyl (C=S) groups is 1. The Morgan fingerprint density at radius 2 is 1.67 bits per heavy atom. The standard InChI is InChI=1S/C13H22N2O2S/c14-11(18)13(5-9-17-10-6-13)12(16)15-7-3-1-2-4-8-15/h1-10H2,(H2,14,18).